The molecule has 5 rings (SSSR count). The summed E-state index contributed by atoms with van der Waals surface area (Å²) in [6.07, 6.45) is 7.03. The van der Waals surface area contributed by atoms with E-state index >= 15 is 0 Å². The van der Waals surface area contributed by atoms with Crippen molar-refractivity contribution in [2.75, 3.05) is 96.9 Å². The van der Waals surface area contributed by atoms with Gasteiger partial charge in [-0.3, -0.25) is 9.69 Å². The fourth-order valence-electron chi connectivity index (χ4n) is 5.80. The van der Waals surface area contributed by atoms with Gasteiger partial charge < -0.3 is 35.1 Å². The quantitative estimate of drug-likeness (QED) is 0.200. The molecule has 1 saturated carbocycles. The molecule has 11 heteroatoms. The van der Waals surface area contributed by atoms with E-state index in [0.717, 1.165) is 63.4 Å². The summed E-state index contributed by atoms with van der Waals surface area (Å²) in [6, 6.07) is 12.4. The highest BCUT2D eigenvalue weighted by molar-refractivity contribution is 5.95. The topological polar surface area (TPSA) is 105 Å². The number of aliphatic imine (C=N–C) groups is 1. The van der Waals surface area contributed by atoms with Crippen molar-refractivity contribution in [3.05, 3.63) is 76.7 Å². The summed E-state index contributed by atoms with van der Waals surface area (Å²) in [5.74, 6) is 6.02. The average Bonchev–Trinajstić information content (AvgIpc) is 3.08. The van der Waals surface area contributed by atoms with Crippen LogP contribution in [0.4, 0.5) is 10.1 Å². The van der Waals surface area contributed by atoms with E-state index in [9.17, 15) is 9.18 Å². The van der Waals surface area contributed by atoms with Gasteiger partial charge in [-0.2, -0.15) is 0 Å². The van der Waals surface area contributed by atoms with Crippen molar-refractivity contribution in [1.82, 2.24) is 15.1 Å². The standard InChI is InChI=1S/C36H47FN6O4/c37-33-8-3-29(4-9-33)2-5-30-26-31(36(44)40-13-1-14-43-28-39-27-32-7-11-35(32)43)6-10-34(30)42-17-15-41(16-18-42)19-21-46-23-25-47-24-22-45-20-12-38/h3-4,6,8-10,26-28,35H,1,7,11-25,38H2,(H,40,44)/t35-/m0/s1. The second kappa shape index (κ2) is 18.5. The van der Waals surface area contributed by atoms with E-state index in [1.807, 2.05) is 30.7 Å². The summed E-state index contributed by atoms with van der Waals surface area (Å²) in [5, 5.41) is 3.08. The first kappa shape index (κ1) is 34.5. The molecule has 2 fully saturated rings. The van der Waals surface area contributed by atoms with Gasteiger partial charge in [0.2, 0.25) is 0 Å². The Bertz CT molecular complexity index is 1410. The van der Waals surface area contributed by atoms with Crippen molar-refractivity contribution in [2.24, 2.45) is 10.7 Å². The number of nitrogens with two attached hydrogens (primary N) is 1. The number of carbonyl (C=O) groups excluding carboxylic acids is 1. The number of ether oxygens (including phenoxy) is 3. The van der Waals surface area contributed by atoms with Gasteiger partial charge >= 0.3 is 0 Å². The van der Waals surface area contributed by atoms with Gasteiger partial charge in [0.15, 0.2) is 0 Å². The molecule has 2 aromatic rings. The third kappa shape index (κ3) is 10.6. The lowest BCUT2D eigenvalue weighted by Crippen LogP contribution is -2.47. The van der Waals surface area contributed by atoms with Crippen molar-refractivity contribution in [1.29, 1.82) is 0 Å². The molecule has 2 heterocycles. The highest BCUT2D eigenvalue weighted by atomic mass is 19.1. The number of rotatable bonds is 17. The van der Waals surface area contributed by atoms with E-state index in [1.54, 1.807) is 12.1 Å². The van der Waals surface area contributed by atoms with E-state index < -0.39 is 0 Å². The molecular formula is C36H47FN6O4. The van der Waals surface area contributed by atoms with Crippen molar-refractivity contribution in [3.8, 4) is 11.8 Å². The molecule has 0 radical (unpaired) electrons. The van der Waals surface area contributed by atoms with Crippen LogP contribution >= 0.6 is 0 Å². The number of nitrogens with one attached hydrogen (secondary N) is 1. The molecule has 2 aliphatic heterocycles. The number of hydrogen-bond acceptors (Lipinski definition) is 9. The fourth-order valence-corrected chi connectivity index (χ4v) is 5.80. The predicted molar refractivity (Wildman–Crippen MR) is 182 cm³/mol. The molecule has 252 valence electrons. The van der Waals surface area contributed by atoms with Crippen molar-refractivity contribution in [3.63, 3.8) is 0 Å². The van der Waals surface area contributed by atoms with Gasteiger partial charge in [0, 0.05) is 75.2 Å². The molecule has 0 aromatic heterocycles. The van der Waals surface area contributed by atoms with E-state index in [-0.39, 0.29) is 11.7 Å². The van der Waals surface area contributed by atoms with Crippen LogP contribution < -0.4 is 16.0 Å². The summed E-state index contributed by atoms with van der Waals surface area (Å²) in [5.41, 5.74) is 9.86. The van der Waals surface area contributed by atoms with Gasteiger partial charge in [-0.1, -0.05) is 11.8 Å². The van der Waals surface area contributed by atoms with Crippen molar-refractivity contribution in [2.45, 2.75) is 25.3 Å². The normalized spacial score (nSPS) is 17.4. The molecule has 1 atom stereocenters. The van der Waals surface area contributed by atoms with Gasteiger partial charge in [-0.15, -0.1) is 0 Å². The van der Waals surface area contributed by atoms with Crippen LogP contribution in [0, 0.1) is 17.7 Å². The minimum Gasteiger partial charge on any atom is -0.378 e. The second-order valence-electron chi connectivity index (χ2n) is 11.8. The van der Waals surface area contributed by atoms with Crippen LogP contribution in [0.5, 0.6) is 0 Å². The highest BCUT2D eigenvalue weighted by Crippen LogP contribution is 2.32. The molecular weight excluding hydrogens is 599 g/mol. The first-order valence-corrected chi connectivity index (χ1v) is 16.7. The number of carbonyl (C=O) groups is 1. The summed E-state index contributed by atoms with van der Waals surface area (Å²) in [4.78, 5) is 24.5. The first-order chi connectivity index (χ1) is 23.1. The van der Waals surface area contributed by atoms with Gasteiger partial charge in [-0.25, -0.2) is 9.38 Å². The fraction of sp³-hybridized carbons (Fsp3) is 0.500. The average molecular weight is 647 g/mol. The van der Waals surface area contributed by atoms with Crippen molar-refractivity contribution >= 4 is 17.9 Å². The number of anilines is 1. The van der Waals surface area contributed by atoms with Crippen LogP contribution in [0.3, 0.4) is 0 Å². The molecule has 1 amide bonds. The number of halogens is 1. The Morgan fingerprint density at radius 3 is 2.40 bits per heavy atom. The number of hydrogen-bond donors (Lipinski definition) is 2. The summed E-state index contributed by atoms with van der Waals surface area (Å²) in [6.45, 7) is 9.66. The maximum Gasteiger partial charge on any atom is 0.251 e. The van der Waals surface area contributed by atoms with Crippen LogP contribution in [-0.2, 0) is 14.2 Å². The van der Waals surface area contributed by atoms with E-state index in [2.05, 4.69) is 36.8 Å². The molecule has 0 unspecified atom stereocenters. The zero-order chi connectivity index (χ0) is 32.7. The highest BCUT2D eigenvalue weighted by Gasteiger charge is 2.30. The lowest BCUT2D eigenvalue weighted by molar-refractivity contribution is 0.0116. The zero-order valence-electron chi connectivity index (χ0n) is 27.2. The molecule has 3 N–H and O–H groups in total. The molecule has 1 saturated heterocycles. The largest absolute Gasteiger partial charge is 0.378 e. The number of benzene rings is 2. The first-order valence-electron chi connectivity index (χ1n) is 16.7. The second-order valence-corrected chi connectivity index (χ2v) is 11.8. The molecule has 47 heavy (non-hydrogen) atoms. The number of nitrogens with zero attached hydrogens (tertiary/aromatic N) is 4. The summed E-state index contributed by atoms with van der Waals surface area (Å²) in [7, 11) is 0. The monoisotopic (exact) mass is 646 g/mol. The zero-order valence-corrected chi connectivity index (χ0v) is 27.2. The Morgan fingerprint density at radius 2 is 1.68 bits per heavy atom. The van der Waals surface area contributed by atoms with Crippen LogP contribution in [0.1, 0.15) is 40.7 Å². The smallest absolute Gasteiger partial charge is 0.251 e. The lowest BCUT2D eigenvalue weighted by atomic mass is 9.85. The molecule has 2 aromatic carbocycles. The Morgan fingerprint density at radius 1 is 0.936 bits per heavy atom. The van der Waals surface area contributed by atoms with Crippen LogP contribution in [0.2, 0.25) is 0 Å². The molecule has 0 spiro atoms. The summed E-state index contributed by atoms with van der Waals surface area (Å²) >= 11 is 0. The minimum atomic E-state index is -0.298. The predicted octanol–water partition coefficient (Wildman–Crippen LogP) is 2.87. The summed E-state index contributed by atoms with van der Waals surface area (Å²) < 4.78 is 30.0. The van der Waals surface area contributed by atoms with Crippen molar-refractivity contribution < 1.29 is 23.4 Å². The maximum absolute atomic E-state index is 13.5. The van der Waals surface area contributed by atoms with Gasteiger partial charge in [0.1, 0.15) is 5.82 Å². The molecule has 0 bridgehead atoms. The SMILES string of the molecule is NCCOCCOCCOCCN1CCN(c2ccc(C(=O)NCCCN3C=NC=C4CC[C@@H]43)cc2C#Cc2ccc(F)cc2)CC1. The molecule has 1 aliphatic carbocycles. The molecule has 3 aliphatic rings. The Balaban J connectivity index is 1.11. The van der Waals surface area contributed by atoms with Gasteiger partial charge in [0.05, 0.1) is 57.7 Å². The number of piperazine rings is 1. The molecule has 10 nitrogen and oxygen atoms in total. The Kier molecular flexibility index (Phi) is 13.6. The van der Waals surface area contributed by atoms with Gasteiger partial charge in [0.25, 0.3) is 5.91 Å². The Labute approximate surface area is 277 Å². The maximum atomic E-state index is 13.5. The van der Waals surface area contributed by atoms with Crippen LogP contribution in [0.15, 0.2) is 59.2 Å². The minimum absolute atomic E-state index is 0.118. The van der Waals surface area contributed by atoms with E-state index in [0.29, 0.717) is 69.9 Å². The number of amides is 1. The lowest BCUT2D eigenvalue weighted by Gasteiger charge is -2.40. The Hall–Kier alpha value is -3.79. The van der Waals surface area contributed by atoms with Crippen LogP contribution in [-0.4, -0.2) is 120 Å². The third-order valence-corrected chi connectivity index (χ3v) is 8.58. The van der Waals surface area contributed by atoms with Crippen LogP contribution in [0.25, 0.3) is 0 Å². The van der Waals surface area contributed by atoms with Gasteiger partial charge in [-0.05, 0) is 67.3 Å². The van der Waals surface area contributed by atoms with E-state index in [4.69, 9.17) is 19.9 Å². The number of fused-ring (bicyclic) bond motifs is 1. The van der Waals surface area contributed by atoms with E-state index in [1.165, 1.54) is 24.1 Å². The third-order valence-electron chi connectivity index (χ3n) is 8.58.